The number of rotatable bonds is 50. The van der Waals surface area contributed by atoms with Gasteiger partial charge in [-0.05, 0) is 13.3 Å². The van der Waals surface area contributed by atoms with E-state index in [1.165, 1.54) is 51.4 Å². The lowest BCUT2D eigenvalue weighted by atomic mass is 10.0. The predicted molar refractivity (Wildman–Crippen MR) is 228 cm³/mol. The lowest BCUT2D eigenvalue weighted by molar-refractivity contribution is -0.166. The van der Waals surface area contributed by atoms with Gasteiger partial charge in [0, 0.05) is 6.42 Å². The van der Waals surface area contributed by atoms with Crippen molar-refractivity contribution in [3.8, 4) is 0 Å². The zero-order valence-corrected chi connectivity index (χ0v) is 38.3. The quantitative estimate of drug-likeness (QED) is 0.0505. The van der Waals surface area contributed by atoms with Gasteiger partial charge < -0.3 is 66.3 Å². The molecule has 18 nitrogen and oxygen atoms in total. The van der Waals surface area contributed by atoms with Crippen molar-refractivity contribution in [2.24, 2.45) is 0 Å². The van der Waals surface area contributed by atoms with Crippen LogP contribution in [0.2, 0.25) is 0 Å². The summed E-state index contributed by atoms with van der Waals surface area (Å²) in [6.07, 6.45) is 13.9. The van der Waals surface area contributed by atoms with Gasteiger partial charge in [0.1, 0.15) is 12.2 Å². The zero-order chi connectivity index (χ0) is 44.2. The molecular weight excluding hydrogens is 825 g/mol. The second-order valence-electron chi connectivity index (χ2n) is 14.4. The van der Waals surface area contributed by atoms with Crippen LogP contribution >= 0.6 is 0 Å². The van der Waals surface area contributed by atoms with E-state index in [9.17, 15) is 8.42 Å². The van der Waals surface area contributed by atoms with Gasteiger partial charge in [0.2, 0.25) is 0 Å². The van der Waals surface area contributed by atoms with Crippen molar-refractivity contribution in [2.75, 3.05) is 165 Å². The summed E-state index contributed by atoms with van der Waals surface area (Å²) in [4.78, 5) is 0. The molecule has 1 N–H and O–H groups in total. The van der Waals surface area contributed by atoms with E-state index in [1.54, 1.807) is 6.08 Å². The minimum absolute atomic E-state index is 0.0264. The third-order valence-corrected chi connectivity index (χ3v) is 9.35. The molecule has 0 aliphatic carbocycles. The van der Waals surface area contributed by atoms with Crippen molar-refractivity contribution in [1.82, 2.24) is 0 Å². The molecule has 1 aliphatic heterocycles. The maximum absolute atomic E-state index is 10.4. The molecule has 0 saturated carbocycles. The van der Waals surface area contributed by atoms with Gasteiger partial charge in [0.25, 0.3) is 0 Å². The molecule has 0 aromatic heterocycles. The van der Waals surface area contributed by atoms with Crippen LogP contribution in [0.3, 0.4) is 0 Å². The highest BCUT2D eigenvalue weighted by molar-refractivity contribution is 7.80. The Bertz CT molecular complexity index is 1040. The van der Waals surface area contributed by atoms with Crippen LogP contribution in [-0.2, 0) is 80.9 Å². The van der Waals surface area contributed by atoms with E-state index in [0.29, 0.717) is 145 Å². The summed E-state index contributed by atoms with van der Waals surface area (Å²) in [6, 6.07) is 0. The van der Waals surface area contributed by atoms with Crippen LogP contribution in [0.5, 0.6) is 0 Å². The molecule has 0 amide bonds. The molecule has 0 bridgehead atoms. The first-order valence-corrected chi connectivity index (χ1v) is 23.7. The van der Waals surface area contributed by atoms with Crippen molar-refractivity contribution < 1.29 is 83.5 Å². The van der Waals surface area contributed by atoms with Gasteiger partial charge in [-0.15, -0.1) is 6.58 Å². The van der Waals surface area contributed by atoms with Crippen molar-refractivity contribution in [3.05, 3.63) is 12.7 Å². The minimum Gasteiger partial charge on any atom is -0.377 e. The van der Waals surface area contributed by atoms with Crippen LogP contribution < -0.4 is 0 Å². The maximum atomic E-state index is 10.4. The summed E-state index contributed by atoms with van der Waals surface area (Å²) in [7, 11) is -4.43. The third kappa shape index (κ3) is 41.5. The van der Waals surface area contributed by atoms with Crippen molar-refractivity contribution in [2.45, 2.75) is 96.1 Å². The lowest BCUT2D eigenvalue weighted by Crippen LogP contribution is -2.31. The topological polar surface area (TPSA) is 193 Å². The normalized spacial score (nSPS) is 17.4. The van der Waals surface area contributed by atoms with Gasteiger partial charge in [0.05, 0.1) is 165 Å². The summed E-state index contributed by atoms with van der Waals surface area (Å²) in [5.41, 5.74) is 0. The zero-order valence-electron chi connectivity index (χ0n) is 37.5. The minimum atomic E-state index is -4.43. The maximum Gasteiger partial charge on any atom is 0.397 e. The van der Waals surface area contributed by atoms with E-state index in [4.69, 9.17) is 70.9 Å². The molecule has 3 unspecified atom stereocenters. The van der Waals surface area contributed by atoms with Gasteiger partial charge in [-0.2, -0.15) is 8.42 Å². The van der Waals surface area contributed by atoms with E-state index >= 15 is 0 Å². The molecule has 1 fully saturated rings. The largest absolute Gasteiger partial charge is 0.397 e. The molecule has 1 saturated heterocycles. The Morgan fingerprint density at radius 1 is 0.590 bits per heavy atom. The second kappa shape index (κ2) is 43.0. The molecule has 3 atom stereocenters. The molecule has 0 aromatic rings. The molecule has 1 rings (SSSR count). The first kappa shape index (κ1) is 58.1. The van der Waals surface area contributed by atoms with Crippen LogP contribution in [0.1, 0.15) is 78.1 Å². The Labute approximate surface area is 367 Å². The van der Waals surface area contributed by atoms with E-state index in [2.05, 4.69) is 17.7 Å². The highest BCUT2D eigenvalue weighted by Crippen LogP contribution is 2.29. The third-order valence-electron chi connectivity index (χ3n) is 8.89. The van der Waals surface area contributed by atoms with Crippen molar-refractivity contribution in [1.29, 1.82) is 0 Å². The monoisotopic (exact) mass is 907 g/mol. The van der Waals surface area contributed by atoms with Gasteiger partial charge in [-0.3, -0.25) is 4.55 Å². The summed E-state index contributed by atoms with van der Waals surface area (Å²) in [6.45, 7) is 17.7. The summed E-state index contributed by atoms with van der Waals surface area (Å²) >= 11 is 0. The SMILES string of the molecule is C=CCOCC(COCC1COC(C)(CCCCCCCCCCC)O1)OCCOCCOCCOCCOCCOCCOCCOCCOCCOCCOS(=O)(=O)O. The van der Waals surface area contributed by atoms with Crippen molar-refractivity contribution >= 4 is 10.4 Å². The Balaban J connectivity index is 1.86. The molecule has 1 aliphatic rings. The van der Waals surface area contributed by atoms with Crippen LogP contribution in [0.15, 0.2) is 12.7 Å². The number of unbranched alkanes of at least 4 members (excludes halogenated alkanes) is 8. The van der Waals surface area contributed by atoms with Crippen LogP contribution in [0, 0.1) is 0 Å². The standard InChI is InChI=1S/C42H82O18S/c1-4-6-7-8-9-10-11-12-13-14-42(3)58-39-41(60-42)38-56-37-40(36-55-15-5-2)57-34-32-53-30-28-51-26-24-49-22-20-47-18-16-46-17-19-48-21-23-50-25-27-52-29-31-54-33-35-59-61(43,44)45/h5,40-41H,2,4,6-39H2,1,3H3,(H,43,44,45). The van der Waals surface area contributed by atoms with Crippen LogP contribution in [0.4, 0.5) is 0 Å². The average molecular weight is 907 g/mol. The Morgan fingerprint density at radius 3 is 1.41 bits per heavy atom. The van der Waals surface area contributed by atoms with Gasteiger partial charge >= 0.3 is 10.4 Å². The van der Waals surface area contributed by atoms with Gasteiger partial charge in [0.15, 0.2) is 5.79 Å². The first-order chi connectivity index (χ1) is 29.8. The number of hydrogen-bond acceptors (Lipinski definition) is 17. The fourth-order valence-corrected chi connectivity index (χ4v) is 6.03. The Hall–Kier alpha value is -0.950. The molecular formula is C42H82O18S. The second-order valence-corrected chi connectivity index (χ2v) is 15.5. The number of ether oxygens (including phenoxy) is 14. The van der Waals surface area contributed by atoms with E-state index in [0.717, 1.165) is 12.8 Å². The highest BCUT2D eigenvalue weighted by Gasteiger charge is 2.36. The summed E-state index contributed by atoms with van der Waals surface area (Å²) < 4.78 is 112. The first-order valence-electron chi connectivity index (χ1n) is 22.3. The molecule has 0 spiro atoms. The van der Waals surface area contributed by atoms with Gasteiger partial charge in [-0.1, -0.05) is 64.4 Å². The predicted octanol–water partition coefficient (Wildman–Crippen LogP) is 4.61. The Morgan fingerprint density at radius 2 is 0.984 bits per heavy atom. The molecule has 364 valence electrons. The molecule has 0 radical (unpaired) electrons. The van der Waals surface area contributed by atoms with E-state index in [1.807, 2.05) is 6.92 Å². The molecule has 1 heterocycles. The molecule has 61 heavy (non-hydrogen) atoms. The van der Waals surface area contributed by atoms with E-state index < -0.39 is 16.2 Å². The average Bonchev–Trinajstić information content (AvgIpc) is 3.61. The van der Waals surface area contributed by atoms with Gasteiger partial charge in [-0.25, -0.2) is 4.18 Å². The molecule has 0 aromatic carbocycles. The summed E-state index contributed by atoms with van der Waals surface area (Å²) in [5, 5.41) is 0. The van der Waals surface area contributed by atoms with Crippen molar-refractivity contribution in [3.63, 3.8) is 0 Å². The smallest absolute Gasteiger partial charge is 0.377 e. The fraction of sp³-hybridized carbons (Fsp3) is 0.952. The molecule has 19 heteroatoms. The van der Waals surface area contributed by atoms with Crippen LogP contribution in [-0.4, -0.2) is 196 Å². The fourth-order valence-electron chi connectivity index (χ4n) is 5.75. The Kier molecular flexibility index (Phi) is 40.9. The van der Waals surface area contributed by atoms with Crippen LogP contribution in [0.25, 0.3) is 0 Å². The highest BCUT2D eigenvalue weighted by atomic mass is 32.3. The van der Waals surface area contributed by atoms with E-state index in [-0.39, 0.29) is 32.0 Å². The lowest BCUT2D eigenvalue weighted by Gasteiger charge is -2.23. The number of hydrogen-bond donors (Lipinski definition) is 1. The summed E-state index contributed by atoms with van der Waals surface area (Å²) in [5.74, 6) is -0.532.